The summed E-state index contributed by atoms with van der Waals surface area (Å²) in [5.41, 5.74) is 1.24. The Balaban J connectivity index is 1.68. The molecule has 3 rings (SSSR count). The lowest BCUT2D eigenvalue weighted by Crippen LogP contribution is -2.25. The van der Waals surface area contributed by atoms with Crippen LogP contribution in [-0.2, 0) is 0 Å². The highest BCUT2D eigenvalue weighted by atomic mass is 32.1. The van der Waals surface area contributed by atoms with Gasteiger partial charge in [-0.2, -0.15) is 0 Å². The zero-order valence-electron chi connectivity index (χ0n) is 12.6. The molecule has 3 nitrogen and oxygen atoms in total. The molecule has 0 amide bonds. The van der Waals surface area contributed by atoms with E-state index in [1.54, 1.807) is 11.3 Å². The van der Waals surface area contributed by atoms with Crippen LogP contribution in [-0.4, -0.2) is 22.8 Å². The lowest BCUT2D eigenvalue weighted by Gasteiger charge is -2.18. The quantitative estimate of drug-likeness (QED) is 0.794. The van der Waals surface area contributed by atoms with Gasteiger partial charge in [-0.25, -0.2) is 0 Å². The number of rotatable bonds is 6. The number of hydrogen-bond donors (Lipinski definition) is 0. The number of aromatic nitrogens is 2. The van der Waals surface area contributed by atoms with Crippen LogP contribution in [0, 0.1) is 0 Å². The second kappa shape index (κ2) is 6.39. The average molecular weight is 299 g/mol. The van der Waals surface area contributed by atoms with Crippen LogP contribution >= 0.6 is 11.3 Å². The van der Waals surface area contributed by atoms with E-state index in [2.05, 4.69) is 65.4 Å². The van der Waals surface area contributed by atoms with Crippen molar-refractivity contribution in [1.82, 2.24) is 10.2 Å². The maximum Gasteiger partial charge on any atom is 0.208 e. The minimum atomic E-state index is 0.456. The van der Waals surface area contributed by atoms with Gasteiger partial charge in [-0.3, -0.25) is 0 Å². The molecule has 1 fully saturated rings. The average Bonchev–Trinajstić information content (AvgIpc) is 3.20. The molecule has 1 aromatic carbocycles. The number of anilines is 1. The van der Waals surface area contributed by atoms with Crippen molar-refractivity contribution in [3.05, 3.63) is 47.0 Å². The second-order valence-electron chi connectivity index (χ2n) is 5.77. The molecule has 0 bridgehead atoms. The summed E-state index contributed by atoms with van der Waals surface area (Å²) in [4.78, 5) is 2.39. The SMILES string of the molecule is CC(C)c1nnc(N(CC=Cc2ccccc2)C2CC2)s1. The Kier molecular flexibility index (Phi) is 4.34. The first-order chi connectivity index (χ1) is 10.2. The maximum atomic E-state index is 4.39. The fourth-order valence-corrected chi connectivity index (χ4v) is 3.14. The van der Waals surface area contributed by atoms with E-state index in [0.717, 1.165) is 16.7 Å². The van der Waals surface area contributed by atoms with Gasteiger partial charge >= 0.3 is 0 Å². The molecule has 4 heteroatoms. The predicted molar refractivity (Wildman–Crippen MR) is 89.8 cm³/mol. The Morgan fingerprint density at radius 2 is 2.00 bits per heavy atom. The molecule has 110 valence electrons. The van der Waals surface area contributed by atoms with Crippen molar-refractivity contribution in [2.75, 3.05) is 11.4 Å². The van der Waals surface area contributed by atoms with Crippen molar-refractivity contribution in [3.8, 4) is 0 Å². The van der Waals surface area contributed by atoms with Gasteiger partial charge in [-0.1, -0.05) is 67.7 Å². The van der Waals surface area contributed by atoms with E-state index < -0.39 is 0 Å². The van der Waals surface area contributed by atoms with Crippen LogP contribution in [0.5, 0.6) is 0 Å². The van der Waals surface area contributed by atoms with Gasteiger partial charge in [0.15, 0.2) is 0 Å². The molecule has 2 aromatic rings. The van der Waals surface area contributed by atoms with Crippen LogP contribution in [0.25, 0.3) is 6.08 Å². The van der Waals surface area contributed by atoms with Crippen molar-refractivity contribution in [1.29, 1.82) is 0 Å². The summed E-state index contributed by atoms with van der Waals surface area (Å²) >= 11 is 1.73. The van der Waals surface area contributed by atoms with E-state index in [0.29, 0.717) is 12.0 Å². The van der Waals surface area contributed by atoms with Gasteiger partial charge in [0.1, 0.15) is 5.01 Å². The first-order valence-corrected chi connectivity index (χ1v) is 8.37. The zero-order chi connectivity index (χ0) is 14.7. The molecule has 1 aliphatic rings. The molecule has 21 heavy (non-hydrogen) atoms. The Bertz CT molecular complexity index is 600. The molecule has 0 spiro atoms. The van der Waals surface area contributed by atoms with Gasteiger partial charge in [-0.15, -0.1) is 10.2 Å². The molecule has 1 saturated carbocycles. The molecule has 1 aromatic heterocycles. The normalized spacial score (nSPS) is 15.0. The molecule has 0 saturated heterocycles. The third-order valence-electron chi connectivity index (χ3n) is 3.57. The molecule has 0 radical (unpaired) electrons. The second-order valence-corrected chi connectivity index (χ2v) is 6.76. The standard InChI is InChI=1S/C17H21N3S/c1-13(2)16-18-19-17(21-16)20(15-10-11-15)12-6-9-14-7-4-3-5-8-14/h3-9,13,15H,10-12H2,1-2H3. The predicted octanol–water partition coefficient (Wildman–Crippen LogP) is 4.34. The van der Waals surface area contributed by atoms with Gasteiger partial charge in [-0.05, 0) is 18.4 Å². The summed E-state index contributed by atoms with van der Waals surface area (Å²) in [5, 5.41) is 10.9. The minimum Gasteiger partial charge on any atom is -0.340 e. The van der Waals surface area contributed by atoms with E-state index >= 15 is 0 Å². The first-order valence-electron chi connectivity index (χ1n) is 7.55. The van der Waals surface area contributed by atoms with Crippen LogP contribution in [0.4, 0.5) is 5.13 Å². The van der Waals surface area contributed by atoms with Crippen molar-refractivity contribution in [3.63, 3.8) is 0 Å². The lowest BCUT2D eigenvalue weighted by molar-refractivity contribution is 0.807. The highest BCUT2D eigenvalue weighted by Gasteiger charge is 2.30. The minimum absolute atomic E-state index is 0.456. The van der Waals surface area contributed by atoms with Crippen molar-refractivity contribution in [2.45, 2.75) is 38.6 Å². The van der Waals surface area contributed by atoms with Crippen LogP contribution in [0.2, 0.25) is 0 Å². The number of nitrogens with zero attached hydrogens (tertiary/aromatic N) is 3. The molecular formula is C17H21N3S. The summed E-state index contributed by atoms with van der Waals surface area (Å²) in [6.45, 7) is 5.24. The highest BCUT2D eigenvalue weighted by molar-refractivity contribution is 7.15. The van der Waals surface area contributed by atoms with Crippen LogP contribution in [0.1, 0.15) is 43.2 Å². The largest absolute Gasteiger partial charge is 0.340 e. The third kappa shape index (κ3) is 3.70. The first kappa shape index (κ1) is 14.3. The number of benzene rings is 1. The Hall–Kier alpha value is -1.68. The summed E-state index contributed by atoms with van der Waals surface area (Å²) in [6.07, 6.45) is 6.95. The monoisotopic (exact) mass is 299 g/mol. The van der Waals surface area contributed by atoms with E-state index in [9.17, 15) is 0 Å². The summed E-state index contributed by atoms with van der Waals surface area (Å²) in [5.74, 6) is 0.456. The maximum absolute atomic E-state index is 4.39. The van der Waals surface area contributed by atoms with Gasteiger partial charge in [0.2, 0.25) is 5.13 Å². The molecule has 0 N–H and O–H groups in total. The fourth-order valence-electron chi connectivity index (χ4n) is 2.21. The Morgan fingerprint density at radius 1 is 1.24 bits per heavy atom. The van der Waals surface area contributed by atoms with Crippen molar-refractivity contribution < 1.29 is 0 Å². The van der Waals surface area contributed by atoms with Crippen LogP contribution in [0.15, 0.2) is 36.4 Å². The molecular weight excluding hydrogens is 278 g/mol. The van der Waals surface area contributed by atoms with E-state index in [4.69, 9.17) is 0 Å². The molecule has 1 aliphatic carbocycles. The summed E-state index contributed by atoms with van der Waals surface area (Å²) in [7, 11) is 0. The summed E-state index contributed by atoms with van der Waals surface area (Å²) in [6, 6.07) is 11.1. The van der Waals surface area contributed by atoms with E-state index in [1.165, 1.54) is 18.4 Å². The van der Waals surface area contributed by atoms with Crippen molar-refractivity contribution in [2.24, 2.45) is 0 Å². The molecule has 0 aliphatic heterocycles. The van der Waals surface area contributed by atoms with E-state index in [-0.39, 0.29) is 0 Å². The topological polar surface area (TPSA) is 29.0 Å². The van der Waals surface area contributed by atoms with Gasteiger partial charge in [0.25, 0.3) is 0 Å². The van der Waals surface area contributed by atoms with Crippen molar-refractivity contribution >= 4 is 22.5 Å². The third-order valence-corrected chi connectivity index (χ3v) is 4.83. The molecule has 0 unspecified atom stereocenters. The van der Waals surface area contributed by atoms with Gasteiger partial charge in [0.05, 0.1) is 0 Å². The van der Waals surface area contributed by atoms with Gasteiger partial charge < -0.3 is 4.90 Å². The Labute approximate surface area is 130 Å². The van der Waals surface area contributed by atoms with E-state index in [1.807, 2.05) is 6.07 Å². The highest BCUT2D eigenvalue weighted by Crippen LogP contribution is 2.34. The zero-order valence-corrected chi connectivity index (χ0v) is 13.4. The fraction of sp³-hybridized carbons (Fsp3) is 0.412. The number of hydrogen-bond acceptors (Lipinski definition) is 4. The summed E-state index contributed by atoms with van der Waals surface area (Å²) < 4.78 is 0. The van der Waals surface area contributed by atoms with Gasteiger partial charge in [0, 0.05) is 18.5 Å². The van der Waals surface area contributed by atoms with Crippen LogP contribution < -0.4 is 4.90 Å². The van der Waals surface area contributed by atoms with Crippen LogP contribution in [0.3, 0.4) is 0 Å². The smallest absolute Gasteiger partial charge is 0.208 e. The molecule has 0 atom stereocenters. The molecule has 1 heterocycles. The Morgan fingerprint density at radius 3 is 2.62 bits per heavy atom. The lowest BCUT2D eigenvalue weighted by atomic mass is 10.2.